The Labute approximate surface area is 80.3 Å². The van der Waals surface area contributed by atoms with Gasteiger partial charge in [-0.3, -0.25) is 0 Å². The van der Waals surface area contributed by atoms with Gasteiger partial charge in [-0.15, -0.1) is 0 Å². The van der Waals surface area contributed by atoms with Crippen molar-refractivity contribution in [1.29, 1.82) is 0 Å². The molecule has 0 saturated carbocycles. The number of nitrogens with one attached hydrogen (secondary N) is 1. The van der Waals surface area contributed by atoms with Gasteiger partial charge in [0.15, 0.2) is 11.6 Å². The second-order valence-electron chi connectivity index (χ2n) is 2.30. The molecule has 0 unspecified atom stereocenters. The number of hydrogen-bond donors (Lipinski definition) is 1. The van der Waals surface area contributed by atoms with Crippen molar-refractivity contribution in [3.05, 3.63) is 24.2 Å². The number of allylic oxidation sites excluding steroid dienone is 1. The Morgan fingerprint density at radius 2 is 2.58 bits per heavy atom. The van der Waals surface area contributed by atoms with E-state index in [-0.39, 0.29) is 0 Å². The summed E-state index contributed by atoms with van der Waals surface area (Å²) in [4.78, 5) is 4.19. The van der Waals surface area contributed by atoms with Crippen LogP contribution in [0.15, 0.2) is 29.2 Å². The van der Waals surface area contributed by atoms with E-state index in [1.54, 1.807) is 6.08 Å². The van der Waals surface area contributed by atoms with Crippen molar-refractivity contribution < 1.29 is 4.74 Å². The summed E-state index contributed by atoms with van der Waals surface area (Å²) in [6, 6.07) is 0. The molecule has 0 aliphatic carbocycles. The third-order valence-electron chi connectivity index (χ3n) is 1.34. The van der Waals surface area contributed by atoms with Gasteiger partial charge in [0.2, 0.25) is 0 Å². The highest BCUT2D eigenvalue weighted by Crippen LogP contribution is 2.11. The molecule has 0 amide bonds. The van der Waals surface area contributed by atoms with Crippen LogP contribution in [0.2, 0.25) is 0 Å². The quantitative estimate of drug-likeness (QED) is 0.735. The van der Waals surface area contributed by atoms with Crippen LogP contribution < -0.4 is 5.32 Å². The van der Waals surface area contributed by atoms with Gasteiger partial charge in [0.25, 0.3) is 0 Å². The summed E-state index contributed by atoms with van der Waals surface area (Å²) in [5.74, 6) is 1.45. The third kappa shape index (κ3) is 2.37. The number of ether oxygens (including phenoxy) is 1. The average molecular weight is 231 g/mol. The van der Waals surface area contributed by atoms with Gasteiger partial charge < -0.3 is 10.1 Å². The van der Waals surface area contributed by atoms with Crippen LogP contribution in [-0.4, -0.2) is 17.8 Å². The molecule has 0 aromatic carbocycles. The maximum absolute atomic E-state index is 5.31. The van der Waals surface area contributed by atoms with E-state index in [0.717, 1.165) is 17.0 Å². The fraction of sp³-hybridized carbons (Fsp3) is 0.375. The van der Waals surface area contributed by atoms with Gasteiger partial charge in [-0.25, -0.2) is 4.99 Å². The number of rotatable bonds is 2. The first kappa shape index (κ1) is 9.32. The smallest absolute Gasteiger partial charge is 0.169 e. The predicted molar refractivity (Wildman–Crippen MR) is 53.2 cm³/mol. The molecular weight excluding hydrogens is 220 g/mol. The fourth-order valence-corrected chi connectivity index (χ4v) is 1.07. The summed E-state index contributed by atoms with van der Waals surface area (Å²) >= 11 is 3.25. The van der Waals surface area contributed by atoms with Gasteiger partial charge >= 0.3 is 0 Å². The van der Waals surface area contributed by atoms with Gasteiger partial charge in [-0.1, -0.05) is 6.58 Å². The molecule has 1 N–H and O–H groups in total. The zero-order valence-electron chi connectivity index (χ0n) is 6.93. The van der Waals surface area contributed by atoms with Crippen molar-refractivity contribution in [3.8, 4) is 0 Å². The molecule has 0 aromatic heterocycles. The van der Waals surface area contributed by atoms with Crippen LogP contribution in [0.1, 0.15) is 6.92 Å². The minimum absolute atomic E-state index is 0.668. The summed E-state index contributed by atoms with van der Waals surface area (Å²) in [6.45, 7) is 6.96. The molecule has 1 aliphatic rings. The Morgan fingerprint density at radius 1 is 1.83 bits per heavy atom. The lowest BCUT2D eigenvalue weighted by atomic mass is 10.4. The van der Waals surface area contributed by atoms with Gasteiger partial charge in [0.1, 0.15) is 6.61 Å². The Kier molecular flexibility index (Phi) is 3.34. The van der Waals surface area contributed by atoms with Crippen molar-refractivity contribution in [1.82, 2.24) is 5.32 Å². The van der Waals surface area contributed by atoms with Crippen molar-refractivity contribution >= 4 is 20.6 Å². The molecule has 1 rings (SSSR count). The molecule has 0 radical (unpaired) electrons. The van der Waals surface area contributed by atoms with E-state index in [4.69, 9.17) is 4.74 Å². The normalized spacial score (nSPS) is 18.3. The first-order chi connectivity index (χ1) is 5.74. The van der Waals surface area contributed by atoms with Crippen LogP contribution in [0.5, 0.6) is 0 Å². The number of hydrogen-bond acceptors (Lipinski definition) is 3. The highest BCUT2D eigenvalue weighted by molar-refractivity contribution is 9.18. The van der Waals surface area contributed by atoms with Crippen LogP contribution in [-0.2, 0) is 4.74 Å². The van der Waals surface area contributed by atoms with Crippen LogP contribution >= 0.6 is 15.9 Å². The number of nitrogens with zero attached hydrogens (tertiary/aromatic N) is 1. The molecule has 0 aromatic rings. The van der Waals surface area contributed by atoms with Crippen LogP contribution in [0.25, 0.3) is 0 Å². The second kappa shape index (κ2) is 4.30. The lowest BCUT2D eigenvalue weighted by Crippen LogP contribution is -2.25. The second-order valence-corrected chi connectivity index (χ2v) is 3.45. The number of aliphatic imine (C=N–C) groups is 1. The topological polar surface area (TPSA) is 33.6 Å². The van der Waals surface area contributed by atoms with Crippen LogP contribution in [0.3, 0.4) is 0 Å². The molecule has 1 heterocycles. The molecule has 0 bridgehead atoms. The monoisotopic (exact) mass is 230 g/mol. The molecule has 0 saturated heterocycles. The summed E-state index contributed by atoms with van der Waals surface area (Å²) in [5, 5.41) is 3.12. The lowest BCUT2D eigenvalue weighted by molar-refractivity contribution is 0.203. The molecular formula is C8H11BrN2O. The van der Waals surface area contributed by atoms with E-state index in [0.29, 0.717) is 12.4 Å². The summed E-state index contributed by atoms with van der Waals surface area (Å²) in [5.41, 5.74) is 0. The molecule has 12 heavy (non-hydrogen) atoms. The summed E-state index contributed by atoms with van der Waals surface area (Å²) < 4.78 is 6.13. The average Bonchev–Trinajstić information content (AvgIpc) is 2.04. The minimum Gasteiger partial charge on any atom is -0.488 e. The van der Waals surface area contributed by atoms with E-state index in [1.165, 1.54) is 0 Å². The molecule has 1 aliphatic heterocycles. The number of halogens is 1. The lowest BCUT2D eigenvalue weighted by Gasteiger charge is -2.17. The largest absolute Gasteiger partial charge is 0.488 e. The fourth-order valence-electron chi connectivity index (χ4n) is 0.890. The van der Waals surface area contributed by atoms with E-state index >= 15 is 0 Å². The van der Waals surface area contributed by atoms with Gasteiger partial charge in [-0.2, -0.15) is 0 Å². The zero-order chi connectivity index (χ0) is 8.97. The standard InChI is InChI=1S/C8H11BrN2O/c1-3-7-8(11-6(2)9)10-4-5-12-7/h3,10H,1,4-5H2,2H3. The molecule has 0 fully saturated rings. The first-order valence-corrected chi connectivity index (χ1v) is 4.47. The zero-order valence-corrected chi connectivity index (χ0v) is 8.52. The minimum atomic E-state index is 0.668. The first-order valence-electron chi connectivity index (χ1n) is 3.68. The maximum atomic E-state index is 5.31. The van der Waals surface area contributed by atoms with Crippen LogP contribution in [0.4, 0.5) is 0 Å². The Bertz CT molecular complexity index is 241. The Hall–Kier alpha value is -0.770. The van der Waals surface area contributed by atoms with E-state index in [9.17, 15) is 0 Å². The Morgan fingerprint density at radius 3 is 3.17 bits per heavy atom. The third-order valence-corrected chi connectivity index (χ3v) is 1.51. The maximum Gasteiger partial charge on any atom is 0.169 e. The molecule has 0 spiro atoms. The summed E-state index contributed by atoms with van der Waals surface area (Å²) in [6.07, 6.45) is 1.65. The predicted octanol–water partition coefficient (Wildman–Crippen LogP) is 1.77. The molecule has 4 heteroatoms. The van der Waals surface area contributed by atoms with E-state index < -0.39 is 0 Å². The molecule has 3 nitrogen and oxygen atoms in total. The van der Waals surface area contributed by atoms with E-state index in [2.05, 4.69) is 32.8 Å². The van der Waals surface area contributed by atoms with Crippen LogP contribution in [0, 0.1) is 0 Å². The SMILES string of the molecule is C=CC1=C(N=C(C)Br)NCCO1. The Balaban J connectivity index is 2.87. The highest BCUT2D eigenvalue weighted by Gasteiger charge is 2.09. The van der Waals surface area contributed by atoms with Crippen molar-refractivity contribution in [3.63, 3.8) is 0 Å². The van der Waals surface area contributed by atoms with Gasteiger partial charge in [0.05, 0.1) is 11.2 Å². The van der Waals surface area contributed by atoms with Gasteiger partial charge in [0, 0.05) is 0 Å². The van der Waals surface area contributed by atoms with Gasteiger partial charge in [-0.05, 0) is 28.9 Å². The van der Waals surface area contributed by atoms with Crippen molar-refractivity contribution in [2.45, 2.75) is 6.92 Å². The highest BCUT2D eigenvalue weighted by atomic mass is 79.9. The molecule has 0 atom stereocenters. The molecule has 66 valence electrons. The van der Waals surface area contributed by atoms with Crippen molar-refractivity contribution in [2.75, 3.05) is 13.2 Å². The van der Waals surface area contributed by atoms with E-state index in [1.807, 2.05) is 6.92 Å². The summed E-state index contributed by atoms with van der Waals surface area (Å²) in [7, 11) is 0. The van der Waals surface area contributed by atoms with Crippen molar-refractivity contribution in [2.24, 2.45) is 4.99 Å².